The number of piperazine rings is 1. The molecule has 0 atom stereocenters. The van der Waals surface area contributed by atoms with Gasteiger partial charge in [-0.3, -0.25) is 4.79 Å². The zero-order valence-electron chi connectivity index (χ0n) is 14.6. The molecule has 1 aliphatic rings. The largest absolute Gasteiger partial charge is 0.345 e. The number of thiazole rings is 1. The molecule has 0 radical (unpaired) electrons. The van der Waals surface area contributed by atoms with Gasteiger partial charge in [0.05, 0.1) is 16.6 Å². The first-order chi connectivity index (χ1) is 12.6. The van der Waals surface area contributed by atoms with Crippen LogP contribution in [0.2, 0.25) is 0 Å². The van der Waals surface area contributed by atoms with Crippen LogP contribution in [0, 0.1) is 12.7 Å². The van der Waals surface area contributed by atoms with Gasteiger partial charge in [-0.2, -0.15) is 0 Å². The summed E-state index contributed by atoms with van der Waals surface area (Å²) in [6, 6.07) is 12.8. The van der Waals surface area contributed by atoms with Gasteiger partial charge in [0.25, 0.3) is 0 Å². The van der Waals surface area contributed by atoms with Gasteiger partial charge in [-0.15, -0.1) is 0 Å². The maximum Gasteiger partial charge on any atom is 0.227 e. The lowest BCUT2D eigenvalue weighted by molar-refractivity contribution is -0.130. The van der Waals surface area contributed by atoms with E-state index in [0.717, 1.165) is 34.0 Å². The van der Waals surface area contributed by atoms with Gasteiger partial charge < -0.3 is 9.80 Å². The highest BCUT2D eigenvalue weighted by atomic mass is 32.1. The second-order valence-electron chi connectivity index (χ2n) is 6.64. The Morgan fingerprint density at radius 1 is 1.12 bits per heavy atom. The van der Waals surface area contributed by atoms with Crippen molar-refractivity contribution < 1.29 is 9.18 Å². The summed E-state index contributed by atoms with van der Waals surface area (Å²) in [6.45, 7) is 4.93. The number of aromatic nitrogens is 1. The average Bonchev–Trinajstić information content (AvgIpc) is 3.07. The molecule has 1 fully saturated rings. The molecule has 0 unspecified atom stereocenters. The van der Waals surface area contributed by atoms with Crippen molar-refractivity contribution in [2.75, 3.05) is 31.1 Å². The molecule has 2 heterocycles. The maximum absolute atomic E-state index is 13.4. The molecule has 26 heavy (non-hydrogen) atoms. The Morgan fingerprint density at radius 3 is 2.58 bits per heavy atom. The molecular weight excluding hydrogens is 349 g/mol. The topological polar surface area (TPSA) is 36.4 Å². The van der Waals surface area contributed by atoms with Crippen molar-refractivity contribution in [3.05, 3.63) is 59.4 Å². The standard InChI is InChI=1S/C20H20FN3OS/c1-14-2-4-15(5-3-14)12-19(25)23-8-10-24(11-9-23)20-22-17-7-6-16(21)13-18(17)26-20/h2-7,13H,8-12H2,1H3. The van der Waals surface area contributed by atoms with Crippen LogP contribution in [0.3, 0.4) is 0 Å². The van der Waals surface area contributed by atoms with Crippen molar-refractivity contribution in [2.24, 2.45) is 0 Å². The Kier molecular flexibility index (Phi) is 4.59. The Morgan fingerprint density at radius 2 is 1.85 bits per heavy atom. The molecule has 6 heteroatoms. The van der Waals surface area contributed by atoms with Crippen LogP contribution in [-0.4, -0.2) is 42.0 Å². The van der Waals surface area contributed by atoms with Crippen molar-refractivity contribution in [2.45, 2.75) is 13.3 Å². The third-order valence-corrected chi connectivity index (χ3v) is 5.80. The molecule has 3 aromatic rings. The fraction of sp³-hybridized carbons (Fsp3) is 0.300. The molecule has 2 aromatic carbocycles. The maximum atomic E-state index is 13.4. The van der Waals surface area contributed by atoms with Crippen molar-refractivity contribution in [3.63, 3.8) is 0 Å². The van der Waals surface area contributed by atoms with Gasteiger partial charge in [0.2, 0.25) is 5.91 Å². The monoisotopic (exact) mass is 369 g/mol. The van der Waals surface area contributed by atoms with E-state index in [1.807, 2.05) is 36.1 Å². The van der Waals surface area contributed by atoms with Crippen molar-refractivity contribution in [1.29, 1.82) is 0 Å². The van der Waals surface area contributed by atoms with Crippen LogP contribution in [0.25, 0.3) is 10.2 Å². The van der Waals surface area contributed by atoms with E-state index < -0.39 is 0 Å². The summed E-state index contributed by atoms with van der Waals surface area (Å²) >= 11 is 1.50. The summed E-state index contributed by atoms with van der Waals surface area (Å²) in [4.78, 5) is 21.2. The Balaban J connectivity index is 1.38. The van der Waals surface area contributed by atoms with E-state index in [-0.39, 0.29) is 11.7 Å². The number of rotatable bonds is 3. The zero-order chi connectivity index (χ0) is 18.1. The number of fused-ring (bicyclic) bond motifs is 1. The van der Waals surface area contributed by atoms with Gasteiger partial charge in [0.15, 0.2) is 5.13 Å². The predicted octanol–water partition coefficient (Wildman–Crippen LogP) is 3.64. The van der Waals surface area contributed by atoms with Crippen LogP contribution < -0.4 is 4.90 Å². The average molecular weight is 369 g/mol. The van der Waals surface area contributed by atoms with Gasteiger partial charge in [-0.1, -0.05) is 41.2 Å². The summed E-state index contributed by atoms with van der Waals surface area (Å²) in [6.07, 6.45) is 0.445. The number of aryl methyl sites for hydroxylation is 1. The van der Waals surface area contributed by atoms with Crippen LogP contribution in [0.1, 0.15) is 11.1 Å². The fourth-order valence-corrected chi connectivity index (χ4v) is 4.20. The molecule has 0 saturated carbocycles. The first kappa shape index (κ1) is 17.0. The van der Waals surface area contributed by atoms with E-state index in [4.69, 9.17) is 0 Å². The highest BCUT2D eigenvalue weighted by Crippen LogP contribution is 2.29. The van der Waals surface area contributed by atoms with Crippen LogP contribution in [0.4, 0.5) is 9.52 Å². The van der Waals surface area contributed by atoms with Gasteiger partial charge in [0, 0.05) is 26.2 Å². The highest BCUT2D eigenvalue weighted by Gasteiger charge is 2.23. The lowest BCUT2D eigenvalue weighted by atomic mass is 10.1. The van der Waals surface area contributed by atoms with E-state index in [9.17, 15) is 9.18 Å². The third kappa shape index (κ3) is 3.55. The molecule has 4 rings (SSSR count). The quantitative estimate of drug-likeness (QED) is 0.707. The number of nitrogens with zero attached hydrogens (tertiary/aromatic N) is 3. The minimum Gasteiger partial charge on any atom is -0.345 e. The molecule has 0 N–H and O–H groups in total. The van der Waals surface area contributed by atoms with E-state index in [0.29, 0.717) is 19.5 Å². The first-order valence-corrected chi connectivity index (χ1v) is 9.54. The normalized spacial score (nSPS) is 14.8. The van der Waals surface area contributed by atoms with Crippen molar-refractivity contribution in [3.8, 4) is 0 Å². The molecular formula is C20H20FN3OS. The number of amides is 1. The Bertz CT molecular complexity index is 930. The minimum atomic E-state index is -0.237. The number of halogens is 1. The molecule has 134 valence electrons. The van der Waals surface area contributed by atoms with E-state index in [1.165, 1.54) is 29.0 Å². The summed E-state index contributed by atoms with van der Waals surface area (Å²) in [7, 11) is 0. The van der Waals surface area contributed by atoms with E-state index in [2.05, 4.69) is 9.88 Å². The smallest absolute Gasteiger partial charge is 0.227 e. The van der Waals surface area contributed by atoms with Gasteiger partial charge >= 0.3 is 0 Å². The first-order valence-electron chi connectivity index (χ1n) is 8.73. The fourth-order valence-electron chi connectivity index (χ4n) is 3.16. The Hall–Kier alpha value is -2.47. The van der Waals surface area contributed by atoms with E-state index >= 15 is 0 Å². The highest BCUT2D eigenvalue weighted by molar-refractivity contribution is 7.22. The number of benzene rings is 2. The summed E-state index contributed by atoms with van der Waals surface area (Å²) in [5, 5.41) is 0.899. The minimum absolute atomic E-state index is 0.167. The zero-order valence-corrected chi connectivity index (χ0v) is 15.4. The predicted molar refractivity (Wildman–Crippen MR) is 103 cm³/mol. The number of hydrogen-bond donors (Lipinski definition) is 0. The molecule has 0 aliphatic carbocycles. The molecule has 0 spiro atoms. The number of carbonyl (C=O) groups excluding carboxylic acids is 1. The molecule has 1 aliphatic heterocycles. The molecule has 1 aromatic heterocycles. The molecule has 0 bridgehead atoms. The number of carbonyl (C=O) groups is 1. The van der Waals surface area contributed by atoms with Crippen molar-refractivity contribution in [1.82, 2.24) is 9.88 Å². The van der Waals surface area contributed by atoms with Gasteiger partial charge in [0.1, 0.15) is 5.82 Å². The number of anilines is 1. The van der Waals surface area contributed by atoms with Gasteiger partial charge in [-0.05, 0) is 30.7 Å². The molecule has 1 amide bonds. The van der Waals surface area contributed by atoms with Crippen LogP contribution >= 0.6 is 11.3 Å². The summed E-state index contributed by atoms with van der Waals surface area (Å²) < 4.78 is 14.2. The van der Waals surface area contributed by atoms with E-state index in [1.54, 1.807) is 6.07 Å². The second kappa shape index (κ2) is 7.03. The summed E-state index contributed by atoms with van der Waals surface area (Å²) in [5.41, 5.74) is 3.08. The molecule has 4 nitrogen and oxygen atoms in total. The third-order valence-electron chi connectivity index (χ3n) is 4.72. The summed E-state index contributed by atoms with van der Waals surface area (Å²) in [5.74, 6) is -0.0703. The lowest BCUT2D eigenvalue weighted by Gasteiger charge is -2.34. The second-order valence-corrected chi connectivity index (χ2v) is 7.65. The van der Waals surface area contributed by atoms with Crippen LogP contribution in [0.15, 0.2) is 42.5 Å². The van der Waals surface area contributed by atoms with Crippen molar-refractivity contribution >= 4 is 32.6 Å². The Labute approximate surface area is 155 Å². The molecule has 1 saturated heterocycles. The van der Waals surface area contributed by atoms with Crippen LogP contribution in [0.5, 0.6) is 0 Å². The van der Waals surface area contributed by atoms with Gasteiger partial charge in [-0.25, -0.2) is 9.37 Å². The lowest BCUT2D eigenvalue weighted by Crippen LogP contribution is -2.49. The number of hydrogen-bond acceptors (Lipinski definition) is 4. The SMILES string of the molecule is Cc1ccc(CC(=O)N2CCN(c3nc4ccc(F)cc4s3)CC2)cc1. The van der Waals surface area contributed by atoms with Crippen LogP contribution in [-0.2, 0) is 11.2 Å².